The van der Waals surface area contributed by atoms with Gasteiger partial charge in [0.1, 0.15) is 0 Å². The number of carbonyl (C=O) groups is 1. The smallest absolute Gasteiger partial charge is 0.222 e. The fourth-order valence-electron chi connectivity index (χ4n) is 3.37. The lowest BCUT2D eigenvalue weighted by atomic mass is 9.81. The number of hydrogen-bond donors (Lipinski definition) is 1. The van der Waals surface area contributed by atoms with Gasteiger partial charge in [0.15, 0.2) is 0 Å². The Bertz CT molecular complexity index is 271. The first-order chi connectivity index (χ1) is 8.15. The van der Waals surface area contributed by atoms with E-state index in [9.17, 15) is 4.79 Å². The number of likely N-dealkylation sites (tertiary alicyclic amines) is 1. The van der Waals surface area contributed by atoms with E-state index >= 15 is 0 Å². The summed E-state index contributed by atoms with van der Waals surface area (Å²) in [5.41, 5.74) is 0.305. The summed E-state index contributed by atoms with van der Waals surface area (Å²) in [6.07, 6.45) is 8.63. The lowest BCUT2D eigenvalue weighted by molar-refractivity contribution is -0.129. The van der Waals surface area contributed by atoms with Crippen molar-refractivity contribution in [3.8, 4) is 0 Å². The fourth-order valence-corrected chi connectivity index (χ4v) is 3.79. The minimum Gasteiger partial charge on any atom is -0.342 e. The quantitative estimate of drug-likeness (QED) is 0.607. The molecule has 2 nitrogen and oxygen atoms in total. The van der Waals surface area contributed by atoms with E-state index in [4.69, 9.17) is 0 Å². The topological polar surface area (TPSA) is 20.3 Å². The number of nitrogens with zero attached hydrogens (tertiary/aromatic N) is 1. The van der Waals surface area contributed by atoms with Gasteiger partial charge in [0, 0.05) is 19.5 Å². The van der Waals surface area contributed by atoms with Crippen LogP contribution in [-0.4, -0.2) is 29.6 Å². The maximum atomic E-state index is 11.9. The van der Waals surface area contributed by atoms with Crippen molar-refractivity contribution in [3.63, 3.8) is 0 Å². The van der Waals surface area contributed by atoms with E-state index in [1.807, 2.05) is 0 Å². The molecule has 2 rings (SSSR count). The molecule has 0 aromatic heterocycles. The zero-order valence-electron chi connectivity index (χ0n) is 11.0. The van der Waals surface area contributed by atoms with Gasteiger partial charge in [0.2, 0.25) is 5.91 Å². The number of thiol groups is 1. The zero-order chi connectivity index (χ0) is 12.3. The van der Waals surface area contributed by atoms with Crippen LogP contribution in [0.5, 0.6) is 0 Å². The van der Waals surface area contributed by atoms with Crippen molar-refractivity contribution in [3.05, 3.63) is 0 Å². The maximum absolute atomic E-state index is 11.9. The van der Waals surface area contributed by atoms with Gasteiger partial charge in [-0.25, -0.2) is 0 Å². The van der Waals surface area contributed by atoms with E-state index in [1.54, 1.807) is 0 Å². The normalized spacial score (nSPS) is 29.4. The molecule has 1 saturated heterocycles. The summed E-state index contributed by atoms with van der Waals surface area (Å²) in [4.78, 5) is 14.0. The lowest BCUT2D eigenvalue weighted by Crippen LogP contribution is -2.39. The Morgan fingerprint density at radius 2 is 1.94 bits per heavy atom. The summed E-state index contributed by atoms with van der Waals surface area (Å²) >= 11 is 4.58. The molecule has 0 spiro atoms. The number of hydrogen-bond acceptors (Lipinski definition) is 2. The Labute approximate surface area is 111 Å². The second kappa shape index (κ2) is 5.64. The van der Waals surface area contributed by atoms with Gasteiger partial charge < -0.3 is 4.90 Å². The second-order valence-corrected chi connectivity index (χ2v) is 6.47. The molecule has 0 N–H and O–H groups in total. The Morgan fingerprint density at radius 1 is 1.29 bits per heavy atom. The molecule has 1 aliphatic carbocycles. The van der Waals surface area contributed by atoms with E-state index in [1.165, 1.54) is 38.5 Å². The first-order valence-corrected chi connectivity index (χ1v) is 7.67. The second-order valence-electron chi connectivity index (χ2n) is 6.16. The number of rotatable bonds is 3. The fraction of sp³-hybridized carbons (Fsp3) is 0.929. The van der Waals surface area contributed by atoms with Gasteiger partial charge in [0.05, 0.1) is 0 Å². The summed E-state index contributed by atoms with van der Waals surface area (Å²) in [6, 6.07) is 0. The largest absolute Gasteiger partial charge is 0.342 e. The molecule has 1 aliphatic heterocycles. The van der Waals surface area contributed by atoms with Crippen molar-refractivity contribution >= 4 is 18.5 Å². The predicted octanol–water partition coefficient (Wildman–Crippen LogP) is 3.13. The van der Waals surface area contributed by atoms with Gasteiger partial charge in [-0.15, -0.1) is 0 Å². The molecule has 2 aliphatic rings. The molecule has 17 heavy (non-hydrogen) atoms. The summed E-state index contributed by atoms with van der Waals surface area (Å²) in [6.45, 7) is 4.10. The zero-order valence-corrected chi connectivity index (χ0v) is 11.8. The summed E-state index contributed by atoms with van der Waals surface area (Å²) in [7, 11) is 0. The summed E-state index contributed by atoms with van der Waals surface area (Å²) in [5.74, 6) is 1.85. The molecule has 0 aromatic carbocycles. The van der Waals surface area contributed by atoms with Crippen LogP contribution >= 0.6 is 12.6 Å². The van der Waals surface area contributed by atoms with Crippen molar-refractivity contribution in [1.29, 1.82) is 0 Å². The Kier molecular flexibility index (Phi) is 4.40. The Hall–Kier alpha value is -0.180. The van der Waals surface area contributed by atoms with Crippen LogP contribution in [-0.2, 0) is 4.79 Å². The van der Waals surface area contributed by atoms with Gasteiger partial charge in [0.25, 0.3) is 0 Å². The molecule has 3 heteroatoms. The van der Waals surface area contributed by atoms with E-state index < -0.39 is 0 Å². The molecule has 0 bridgehead atoms. The van der Waals surface area contributed by atoms with Crippen LogP contribution in [0.15, 0.2) is 0 Å². The molecule has 1 unspecified atom stereocenters. The Morgan fingerprint density at radius 3 is 2.41 bits per heavy atom. The highest BCUT2D eigenvalue weighted by molar-refractivity contribution is 7.80. The molecule has 1 amide bonds. The van der Waals surface area contributed by atoms with Crippen molar-refractivity contribution < 1.29 is 4.79 Å². The van der Waals surface area contributed by atoms with E-state index in [2.05, 4.69) is 24.5 Å². The average Bonchev–Trinajstić information content (AvgIpc) is 2.54. The molecule has 0 radical (unpaired) electrons. The van der Waals surface area contributed by atoms with Crippen LogP contribution in [0.3, 0.4) is 0 Å². The number of amides is 1. The predicted molar refractivity (Wildman–Crippen MR) is 74.3 cm³/mol. The molecule has 1 atom stereocenters. The molecule has 1 saturated carbocycles. The third-order valence-electron chi connectivity index (χ3n) is 4.43. The highest BCUT2D eigenvalue weighted by Gasteiger charge is 2.36. The van der Waals surface area contributed by atoms with Gasteiger partial charge in [-0.3, -0.25) is 4.79 Å². The molecule has 2 fully saturated rings. The van der Waals surface area contributed by atoms with E-state index in [0.29, 0.717) is 17.2 Å². The van der Waals surface area contributed by atoms with Crippen LogP contribution in [0.2, 0.25) is 0 Å². The highest BCUT2D eigenvalue weighted by Crippen LogP contribution is 2.38. The monoisotopic (exact) mass is 255 g/mol. The van der Waals surface area contributed by atoms with Gasteiger partial charge in [-0.2, -0.15) is 12.6 Å². The van der Waals surface area contributed by atoms with Crippen LogP contribution < -0.4 is 0 Å². The first-order valence-electron chi connectivity index (χ1n) is 7.04. The van der Waals surface area contributed by atoms with Gasteiger partial charge in [-0.05, 0) is 29.9 Å². The van der Waals surface area contributed by atoms with Crippen molar-refractivity contribution in [2.24, 2.45) is 11.3 Å². The average molecular weight is 255 g/mol. The highest BCUT2D eigenvalue weighted by atomic mass is 32.1. The van der Waals surface area contributed by atoms with Crippen molar-refractivity contribution in [2.75, 3.05) is 18.8 Å². The third kappa shape index (κ3) is 3.18. The van der Waals surface area contributed by atoms with Crippen molar-refractivity contribution in [1.82, 2.24) is 4.90 Å². The van der Waals surface area contributed by atoms with Gasteiger partial charge >= 0.3 is 0 Å². The number of carbonyl (C=O) groups excluding carboxylic acids is 1. The summed E-state index contributed by atoms with van der Waals surface area (Å²) < 4.78 is 0. The van der Waals surface area contributed by atoms with Crippen LogP contribution in [0.25, 0.3) is 0 Å². The first kappa shape index (κ1) is 13.3. The van der Waals surface area contributed by atoms with E-state index in [-0.39, 0.29) is 0 Å². The van der Waals surface area contributed by atoms with Crippen LogP contribution in [0, 0.1) is 11.3 Å². The molecule has 98 valence electrons. The Balaban J connectivity index is 2.00. The third-order valence-corrected chi connectivity index (χ3v) is 5.10. The van der Waals surface area contributed by atoms with Crippen molar-refractivity contribution in [2.45, 2.75) is 51.9 Å². The standard InChI is InChI=1S/C14H25NOS/c1-12-8-13(16)15(9-12)10-14(11-17)6-4-2-3-5-7-14/h12,17H,2-11H2,1H3. The van der Waals surface area contributed by atoms with Gasteiger partial charge in [-0.1, -0.05) is 32.6 Å². The molecule has 1 heterocycles. The van der Waals surface area contributed by atoms with E-state index in [0.717, 1.165) is 25.3 Å². The molecular formula is C14H25NOS. The maximum Gasteiger partial charge on any atom is 0.222 e. The minimum atomic E-state index is 0.305. The van der Waals surface area contributed by atoms with Crippen LogP contribution in [0.4, 0.5) is 0 Å². The lowest BCUT2D eigenvalue weighted by Gasteiger charge is -2.35. The summed E-state index contributed by atoms with van der Waals surface area (Å²) in [5, 5.41) is 0. The molecular weight excluding hydrogens is 230 g/mol. The minimum absolute atomic E-state index is 0.305. The SMILES string of the molecule is CC1CC(=O)N(CC2(CS)CCCCCC2)C1. The molecule has 0 aromatic rings. The van der Waals surface area contributed by atoms with Crippen LogP contribution in [0.1, 0.15) is 51.9 Å².